The van der Waals surface area contributed by atoms with Gasteiger partial charge in [-0.1, -0.05) is 23.2 Å². The second-order valence-electron chi connectivity index (χ2n) is 5.04. The van der Waals surface area contributed by atoms with Crippen LogP contribution in [0, 0.1) is 5.41 Å². The Morgan fingerprint density at radius 3 is 2.68 bits per heavy atom. The van der Waals surface area contributed by atoms with Gasteiger partial charge in [0.15, 0.2) is 0 Å². The predicted octanol–water partition coefficient (Wildman–Crippen LogP) is 2.65. The smallest absolute Gasteiger partial charge is 0.311 e. The summed E-state index contributed by atoms with van der Waals surface area (Å²) in [4.78, 5) is 27.7. The van der Waals surface area contributed by atoms with Gasteiger partial charge in [-0.05, 0) is 25.8 Å². The number of carboxylic acids is 1. The van der Waals surface area contributed by atoms with E-state index in [2.05, 4.69) is 4.98 Å². The van der Waals surface area contributed by atoms with Gasteiger partial charge in [0.2, 0.25) is 0 Å². The molecule has 1 unspecified atom stereocenters. The Kier molecular flexibility index (Phi) is 3.78. The number of hydrogen-bond acceptors (Lipinski definition) is 2. The number of carboxylic acid groups (broad SMARTS) is 1. The third-order valence-electron chi connectivity index (χ3n) is 3.46. The van der Waals surface area contributed by atoms with Crippen molar-refractivity contribution in [1.29, 1.82) is 0 Å². The molecule has 1 aromatic heterocycles. The van der Waals surface area contributed by atoms with E-state index >= 15 is 0 Å². The van der Waals surface area contributed by atoms with Crippen LogP contribution in [-0.2, 0) is 4.79 Å². The molecule has 7 heteroatoms. The van der Waals surface area contributed by atoms with E-state index in [1.807, 2.05) is 0 Å². The minimum Gasteiger partial charge on any atom is -0.481 e. The van der Waals surface area contributed by atoms with Gasteiger partial charge in [-0.2, -0.15) is 0 Å². The van der Waals surface area contributed by atoms with Crippen molar-refractivity contribution in [3.8, 4) is 0 Å². The average Bonchev–Trinajstić information content (AvgIpc) is 2.68. The number of hydrogen-bond donors (Lipinski definition) is 2. The van der Waals surface area contributed by atoms with Gasteiger partial charge in [0.1, 0.15) is 10.8 Å². The number of nitrogens with one attached hydrogen (secondary N) is 1. The molecule has 2 heterocycles. The number of H-pyrrole nitrogens is 1. The van der Waals surface area contributed by atoms with Crippen LogP contribution >= 0.6 is 23.2 Å². The van der Waals surface area contributed by atoms with Crippen LogP contribution in [0.15, 0.2) is 6.07 Å². The largest absolute Gasteiger partial charge is 0.481 e. The van der Waals surface area contributed by atoms with E-state index in [9.17, 15) is 14.7 Å². The van der Waals surface area contributed by atoms with Crippen LogP contribution in [0.25, 0.3) is 0 Å². The predicted molar refractivity (Wildman–Crippen MR) is 71.7 cm³/mol. The number of likely N-dealkylation sites (tertiary alicyclic amines) is 1. The molecule has 1 amide bonds. The molecule has 1 atom stereocenters. The highest BCUT2D eigenvalue weighted by Gasteiger charge is 2.39. The zero-order chi connectivity index (χ0) is 14.2. The maximum absolute atomic E-state index is 12.3. The highest BCUT2D eigenvalue weighted by molar-refractivity contribution is 6.41. The molecule has 0 saturated carbocycles. The van der Waals surface area contributed by atoms with Crippen molar-refractivity contribution in [3.05, 3.63) is 21.9 Å². The van der Waals surface area contributed by atoms with Crippen molar-refractivity contribution in [1.82, 2.24) is 9.88 Å². The van der Waals surface area contributed by atoms with Crippen molar-refractivity contribution in [3.63, 3.8) is 0 Å². The van der Waals surface area contributed by atoms with E-state index in [-0.39, 0.29) is 28.3 Å². The molecule has 0 spiro atoms. The summed E-state index contributed by atoms with van der Waals surface area (Å²) >= 11 is 11.6. The summed E-state index contributed by atoms with van der Waals surface area (Å²) in [5.74, 6) is -1.16. The maximum Gasteiger partial charge on any atom is 0.311 e. The van der Waals surface area contributed by atoms with Crippen molar-refractivity contribution >= 4 is 35.1 Å². The van der Waals surface area contributed by atoms with Gasteiger partial charge in [0.05, 0.1) is 10.4 Å². The number of rotatable bonds is 2. The standard InChI is InChI=1S/C12H14Cl2N2O3/c1-12(11(18)19)3-2-4-16(6-12)10(17)8-5-7(13)9(14)15-8/h5,15H,2-4,6H2,1H3,(H,18,19). The molecule has 0 bridgehead atoms. The van der Waals surface area contributed by atoms with Crippen LogP contribution in [0.2, 0.25) is 10.2 Å². The molecule has 104 valence electrons. The minimum atomic E-state index is -0.895. The van der Waals surface area contributed by atoms with E-state index in [1.54, 1.807) is 6.92 Å². The number of carbonyl (C=O) groups is 2. The van der Waals surface area contributed by atoms with Crippen molar-refractivity contribution in [2.45, 2.75) is 19.8 Å². The summed E-state index contributed by atoms with van der Waals surface area (Å²) in [5, 5.41) is 9.72. The van der Waals surface area contributed by atoms with Gasteiger partial charge < -0.3 is 15.0 Å². The first-order chi connectivity index (χ1) is 8.83. The van der Waals surface area contributed by atoms with Gasteiger partial charge in [-0.15, -0.1) is 0 Å². The van der Waals surface area contributed by atoms with Crippen molar-refractivity contribution in [2.75, 3.05) is 13.1 Å². The SMILES string of the molecule is CC1(C(=O)O)CCCN(C(=O)c2cc(Cl)c(Cl)[nH]2)C1. The lowest BCUT2D eigenvalue weighted by Crippen LogP contribution is -2.48. The molecule has 1 fully saturated rings. The summed E-state index contributed by atoms with van der Waals surface area (Å²) in [7, 11) is 0. The third-order valence-corrected chi connectivity index (χ3v) is 4.15. The Balaban J connectivity index is 2.18. The van der Waals surface area contributed by atoms with Gasteiger partial charge in [0.25, 0.3) is 5.91 Å². The summed E-state index contributed by atoms with van der Waals surface area (Å²) in [6, 6.07) is 1.46. The lowest BCUT2D eigenvalue weighted by molar-refractivity contribution is -0.150. The van der Waals surface area contributed by atoms with E-state index in [0.29, 0.717) is 19.4 Å². The highest BCUT2D eigenvalue weighted by Crippen LogP contribution is 2.31. The number of aromatic nitrogens is 1. The van der Waals surface area contributed by atoms with Crippen LogP contribution in [0.3, 0.4) is 0 Å². The molecule has 1 aliphatic heterocycles. The molecule has 19 heavy (non-hydrogen) atoms. The van der Waals surface area contributed by atoms with E-state index in [4.69, 9.17) is 23.2 Å². The molecular weight excluding hydrogens is 291 g/mol. The average molecular weight is 305 g/mol. The van der Waals surface area contributed by atoms with Crippen molar-refractivity contribution < 1.29 is 14.7 Å². The summed E-state index contributed by atoms with van der Waals surface area (Å²) in [5.41, 5.74) is -0.613. The first-order valence-corrected chi connectivity index (χ1v) is 6.66. The molecule has 1 aliphatic rings. The molecule has 2 N–H and O–H groups in total. The number of aliphatic carboxylic acids is 1. The Morgan fingerprint density at radius 2 is 2.16 bits per heavy atom. The fourth-order valence-electron chi connectivity index (χ4n) is 2.28. The Bertz CT molecular complexity index is 510. The number of aromatic amines is 1. The third kappa shape index (κ3) is 2.72. The normalized spacial score (nSPS) is 23.4. The van der Waals surface area contributed by atoms with Crippen LogP contribution in [0.1, 0.15) is 30.3 Å². The zero-order valence-corrected chi connectivity index (χ0v) is 11.9. The number of piperidine rings is 1. The Labute approximate surface area is 120 Å². The summed E-state index contributed by atoms with van der Waals surface area (Å²) in [6.07, 6.45) is 1.23. The fourth-order valence-corrected chi connectivity index (χ4v) is 2.59. The molecule has 1 saturated heterocycles. The topological polar surface area (TPSA) is 73.4 Å². The molecule has 5 nitrogen and oxygen atoms in total. The van der Waals surface area contributed by atoms with E-state index < -0.39 is 11.4 Å². The second kappa shape index (κ2) is 5.06. The summed E-state index contributed by atoms with van der Waals surface area (Å²) in [6.45, 7) is 2.38. The Morgan fingerprint density at radius 1 is 1.47 bits per heavy atom. The Hall–Kier alpha value is -1.20. The maximum atomic E-state index is 12.3. The molecule has 2 rings (SSSR count). The number of carbonyl (C=O) groups excluding carboxylic acids is 1. The van der Waals surface area contributed by atoms with Crippen LogP contribution in [-0.4, -0.2) is 40.0 Å². The fraction of sp³-hybridized carbons (Fsp3) is 0.500. The van der Waals surface area contributed by atoms with E-state index in [0.717, 1.165) is 0 Å². The van der Waals surface area contributed by atoms with Gasteiger partial charge in [-0.25, -0.2) is 0 Å². The van der Waals surface area contributed by atoms with Crippen LogP contribution in [0.4, 0.5) is 0 Å². The quantitative estimate of drug-likeness (QED) is 0.882. The first kappa shape index (κ1) is 14.2. The number of amides is 1. The lowest BCUT2D eigenvalue weighted by atomic mass is 9.82. The van der Waals surface area contributed by atoms with Crippen LogP contribution < -0.4 is 0 Å². The monoisotopic (exact) mass is 304 g/mol. The molecule has 1 aromatic rings. The molecule has 0 radical (unpaired) electrons. The number of halogens is 2. The zero-order valence-electron chi connectivity index (χ0n) is 10.4. The molecular formula is C12H14Cl2N2O3. The lowest BCUT2D eigenvalue weighted by Gasteiger charge is -2.37. The van der Waals surface area contributed by atoms with Crippen LogP contribution in [0.5, 0.6) is 0 Å². The molecule has 0 aromatic carbocycles. The summed E-state index contributed by atoms with van der Waals surface area (Å²) < 4.78 is 0. The van der Waals surface area contributed by atoms with E-state index in [1.165, 1.54) is 11.0 Å². The second-order valence-corrected chi connectivity index (χ2v) is 5.83. The van der Waals surface area contributed by atoms with Crippen molar-refractivity contribution in [2.24, 2.45) is 5.41 Å². The highest BCUT2D eigenvalue weighted by atomic mass is 35.5. The van der Waals surface area contributed by atoms with Gasteiger partial charge >= 0.3 is 5.97 Å². The first-order valence-electron chi connectivity index (χ1n) is 5.90. The van der Waals surface area contributed by atoms with Gasteiger partial charge in [0, 0.05) is 13.1 Å². The number of nitrogens with zero attached hydrogens (tertiary/aromatic N) is 1. The molecule has 0 aliphatic carbocycles. The minimum absolute atomic E-state index is 0.190. The van der Waals surface area contributed by atoms with Gasteiger partial charge in [-0.3, -0.25) is 9.59 Å².